The SMILES string of the molecule is CCCCCCCCCCCC(c1ccc2ccccc2c1)c1ccccc1C(=O)C[SH2+].F[P-](F)(F)(F)(F)F. The van der Waals surface area contributed by atoms with Crippen LogP contribution in [0.1, 0.15) is 98.5 Å². The van der Waals surface area contributed by atoms with Crippen LogP contribution >= 0.6 is 7.81 Å². The molecule has 1 unspecified atom stereocenters. The van der Waals surface area contributed by atoms with Crippen LogP contribution in [0.2, 0.25) is 0 Å². The number of halogens is 6. The second kappa shape index (κ2) is 14.0. The average molecular weight is 593 g/mol. The van der Waals surface area contributed by atoms with Crippen LogP contribution < -0.4 is 0 Å². The Kier molecular flexibility index (Phi) is 11.9. The van der Waals surface area contributed by atoms with Gasteiger partial charge in [0.05, 0.1) is 0 Å². The number of hydrogen-bond donors (Lipinski definition) is 0. The predicted molar refractivity (Wildman–Crippen MR) is 157 cm³/mol. The molecule has 0 amide bonds. The molecule has 3 rings (SSSR count). The van der Waals surface area contributed by atoms with Gasteiger partial charge in [0, 0.05) is 11.5 Å². The van der Waals surface area contributed by atoms with Crippen LogP contribution in [0.3, 0.4) is 0 Å². The molecule has 0 saturated carbocycles. The standard InChI is InChI=1S/C30H38OS.F6P/c1-2-3-4-5-6-7-8-9-10-17-27(28-18-13-14-19-29(28)30(31)23-32)26-21-20-24-15-11-12-16-25(24)22-26;1-7(2,3,4,5)6/h11-16,18-22,27,32H,2-10,17,23H2,1H3;/q;-1/p+1. The van der Waals surface area contributed by atoms with Gasteiger partial charge in [0.15, 0.2) is 5.75 Å². The van der Waals surface area contributed by atoms with Gasteiger partial charge in [0.25, 0.3) is 0 Å². The molecule has 3 aromatic rings. The van der Waals surface area contributed by atoms with E-state index >= 15 is 0 Å². The number of hydrogen-bond acceptors (Lipinski definition) is 1. The van der Waals surface area contributed by atoms with E-state index in [1.807, 2.05) is 12.1 Å². The molecule has 0 N–H and O–H groups in total. The molecule has 0 spiro atoms. The zero-order valence-corrected chi connectivity index (χ0v) is 24.2. The zero-order valence-electron chi connectivity index (χ0n) is 22.3. The van der Waals surface area contributed by atoms with E-state index in [0.29, 0.717) is 5.75 Å². The summed E-state index contributed by atoms with van der Waals surface area (Å²) < 4.78 is 59.2. The van der Waals surface area contributed by atoms with Crippen LogP contribution in [0.15, 0.2) is 66.7 Å². The Balaban J connectivity index is 0.000000673. The van der Waals surface area contributed by atoms with Gasteiger partial charge in [-0.15, -0.1) is 0 Å². The monoisotopic (exact) mass is 592 g/mol. The molecule has 9 heteroatoms. The molecule has 0 heterocycles. The first-order valence-corrected chi connectivity index (χ1v) is 16.2. The van der Waals surface area contributed by atoms with Gasteiger partial charge >= 0.3 is 33.0 Å². The molecule has 0 aliphatic rings. The molecular weight excluding hydrogens is 553 g/mol. The fourth-order valence-corrected chi connectivity index (χ4v) is 4.93. The Morgan fingerprint density at radius 3 is 1.82 bits per heavy atom. The van der Waals surface area contributed by atoms with Crippen LogP contribution in [0.25, 0.3) is 10.8 Å². The van der Waals surface area contributed by atoms with Crippen molar-refractivity contribution in [2.45, 2.75) is 77.0 Å². The molecule has 0 bridgehead atoms. The molecule has 3 aromatic carbocycles. The molecule has 218 valence electrons. The maximum absolute atomic E-state index is 12.7. The van der Waals surface area contributed by atoms with Crippen molar-refractivity contribution in [3.05, 3.63) is 83.4 Å². The third kappa shape index (κ3) is 14.2. The first-order chi connectivity index (χ1) is 18.2. The van der Waals surface area contributed by atoms with E-state index < -0.39 is 7.81 Å². The van der Waals surface area contributed by atoms with Gasteiger partial charge in [0.2, 0.25) is 5.78 Å². The maximum atomic E-state index is 12.7. The van der Waals surface area contributed by atoms with Crippen LogP contribution in [-0.2, 0) is 12.6 Å². The summed E-state index contributed by atoms with van der Waals surface area (Å²) in [7, 11) is -10.7. The van der Waals surface area contributed by atoms with Crippen molar-refractivity contribution in [3.8, 4) is 0 Å². The van der Waals surface area contributed by atoms with Crippen molar-refractivity contribution in [3.63, 3.8) is 0 Å². The summed E-state index contributed by atoms with van der Waals surface area (Å²) in [6, 6.07) is 23.5. The molecule has 1 atom stereocenters. The fourth-order valence-electron chi connectivity index (χ4n) is 4.74. The minimum absolute atomic E-state index is 0.162. The van der Waals surface area contributed by atoms with Gasteiger partial charge < -0.3 is 0 Å². The number of rotatable bonds is 14. The predicted octanol–water partition coefficient (Wildman–Crippen LogP) is 11.5. The zero-order chi connectivity index (χ0) is 29.0. The molecule has 39 heavy (non-hydrogen) atoms. The second-order valence-corrected chi connectivity index (χ2v) is 12.2. The Morgan fingerprint density at radius 2 is 1.23 bits per heavy atom. The summed E-state index contributed by atoms with van der Waals surface area (Å²) in [5.41, 5.74) is 3.35. The van der Waals surface area contributed by atoms with Crippen molar-refractivity contribution < 1.29 is 30.0 Å². The Labute approximate surface area is 233 Å². The van der Waals surface area contributed by atoms with Crippen molar-refractivity contribution in [2.75, 3.05) is 5.75 Å². The first kappa shape index (κ1) is 33.2. The van der Waals surface area contributed by atoms with Crippen molar-refractivity contribution in [2.24, 2.45) is 0 Å². The van der Waals surface area contributed by atoms with Crippen LogP contribution in [-0.4, -0.2) is 11.5 Å². The number of benzene rings is 3. The molecule has 0 fully saturated rings. The fraction of sp³-hybridized carbons (Fsp3) is 0.433. The van der Waals surface area contributed by atoms with Crippen LogP contribution in [0, 0.1) is 0 Å². The van der Waals surface area contributed by atoms with Crippen molar-refractivity contribution in [1.29, 1.82) is 0 Å². The molecular formula is C30H39F6OPS. The molecule has 0 aromatic heterocycles. The van der Waals surface area contributed by atoms with Gasteiger partial charge in [-0.25, -0.2) is 0 Å². The summed E-state index contributed by atoms with van der Waals surface area (Å²) in [6.45, 7) is 2.27. The molecule has 0 aliphatic carbocycles. The molecule has 0 saturated heterocycles. The van der Waals surface area contributed by atoms with E-state index in [9.17, 15) is 30.0 Å². The van der Waals surface area contributed by atoms with Gasteiger partial charge in [-0.3, -0.25) is 4.79 Å². The summed E-state index contributed by atoms with van der Waals surface area (Å²) >= 11 is 3.43. The number of carbonyl (C=O) groups is 1. The van der Waals surface area contributed by atoms with E-state index in [-0.39, 0.29) is 11.7 Å². The number of fused-ring (bicyclic) bond motifs is 1. The van der Waals surface area contributed by atoms with E-state index in [2.05, 4.69) is 74.1 Å². The van der Waals surface area contributed by atoms with Crippen molar-refractivity contribution in [1.82, 2.24) is 0 Å². The average Bonchev–Trinajstić information content (AvgIpc) is 2.87. The minimum atomic E-state index is -10.7. The molecule has 0 aliphatic heterocycles. The quantitative estimate of drug-likeness (QED) is 0.0598. The normalized spacial score (nSPS) is 14.2. The number of carbonyl (C=O) groups excluding carboxylic acids is 1. The van der Waals surface area contributed by atoms with Crippen LogP contribution in [0.4, 0.5) is 25.2 Å². The van der Waals surface area contributed by atoms with E-state index in [1.54, 1.807) is 0 Å². The van der Waals surface area contributed by atoms with Gasteiger partial charge in [0.1, 0.15) is 0 Å². The summed E-state index contributed by atoms with van der Waals surface area (Å²) in [4.78, 5) is 12.7. The molecule has 1 nitrogen and oxygen atoms in total. The Hall–Kier alpha value is -2.05. The Morgan fingerprint density at radius 1 is 0.718 bits per heavy atom. The second-order valence-electron chi connectivity index (χ2n) is 9.92. The van der Waals surface area contributed by atoms with E-state index in [0.717, 1.165) is 12.0 Å². The van der Waals surface area contributed by atoms with Gasteiger partial charge in [-0.05, 0) is 40.9 Å². The van der Waals surface area contributed by atoms with Crippen LogP contribution in [0.5, 0.6) is 0 Å². The third-order valence-electron chi connectivity index (χ3n) is 6.57. The van der Waals surface area contributed by atoms with Gasteiger partial charge in [-0.1, -0.05) is 131 Å². The summed E-state index contributed by atoms with van der Waals surface area (Å²) in [6.07, 6.45) is 13.1. The summed E-state index contributed by atoms with van der Waals surface area (Å²) in [5.74, 6) is 0.775. The number of Topliss-reactive ketones (excluding diaryl/α,β-unsaturated/α-hetero) is 1. The van der Waals surface area contributed by atoms with Crippen molar-refractivity contribution >= 4 is 37.0 Å². The first-order valence-electron chi connectivity index (χ1n) is 13.5. The topological polar surface area (TPSA) is 17.1 Å². The Bertz CT molecular complexity index is 1190. The van der Waals surface area contributed by atoms with E-state index in [4.69, 9.17) is 0 Å². The number of ketones is 1. The number of unbranched alkanes of at least 4 members (excludes halogenated alkanes) is 8. The molecule has 0 radical (unpaired) electrons. The summed E-state index contributed by atoms with van der Waals surface area (Å²) in [5, 5.41) is 2.54. The third-order valence-corrected chi connectivity index (χ3v) is 6.89. The van der Waals surface area contributed by atoms with E-state index in [1.165, 1.54) is 79.7 Å². The van der Waals surface area contributed by atoms with Gasteiger partial charge in [-0.2, -0.15) is 0 Å².